The number of nitrogens with zero attached hydrogens (tertiary/aromatic N) is 5. The van der Waals surface area contributed by atoms with Crippen molar-refractivity contribution in [3.05, 3.63) is 106 Å². The fourth-order valence-corrected chi connectivity index (χ4v) is 5.24. The van der Waals surface area contributed by atoms with Crippen LogP contribution in [0.25, 0.3) is 28.4 Å². The van der Waals surface area contributed by atoms with Gasteiger partial charge in [0.15, 0.2) is 11.0 Å². The Labute approximate surface area is 228 Å². The topological polar surface area (TPSA) is 96.7 Å². The van der Waals surface area contributed by atoms with Crippen molar-refractivity contribution in [2.45, 2.75) is 25.2 Å². The molecule has 2 aromatic heterocycles. The van der Waals surface area contributed by atoms with Crippen molar-refractivity contribution in [1.29, 1.82) is 5.26 Å². The van der Waals surface area contributed by atoms with E-state index < -0.39 is 5.97 Å². The molecule has 0 aliphatic rings. The Morgan fingerprint density at radius 2 is 1.82 bits per heavy atom. The summed E-state index contributed by atoms with van der Waals surface area (Å²) in [6, 6.07) is 24.8. The van der Waals surface area contributed by atoms with E-state index in [2.05, 4.69) is 20.8 Å². The summed E-state index contributed by atoms with van der Waals surface area (Å²) < 4.78 is 3.97. The summed E-state index contributed by atoms with van der Waals surface area (Å²) in [6.07, 6.45) is 3.64. The van der Waals surface area contributed by atoms with Gasteiger partial charge in [-0.3, -0.25) is 0 Å². The Bertz CT molecular complexity index is 1700. The van der Waals surface area contributed by atoms with E-state index in [0.29, 0.717) is 34.7 Å². The van der Waals surface area contributed by atoms with Crippen molar-refractivity contribution in [2.24, 2.45) is 0 Å². The van der Waals surface area contributed by atoms with E-state index in [1.165, 1.54) is 0 Å². The number of benzene rings is 3. The Kier molecular flexibility index (Phi) is 7.31. The molecule has 9 heteroatoms. The van der Waals surface area contributed by atoms with E-state index in [-0.39, 0.29) is 4.91 Å². The van der Waals surface area contributed by atoms with Gasteiger partial charge >= 0.3 is 5.97 Å². The summed E-state index contributed by atoms with van der Waals surface area (Å²) in [5.41, 5.74) is 4.28. The van der Waals surface area contributed by atoms with E-state index in [4.69, 9.17) is 16.9 Å². The zero-order valence-corrected chi connectivity index (χ0v) is 21.9. The normalized spacial score (nSPS) is 11.6. The van der Waals surface area contributed by atoms with Crippen LogP contribution in [0, 0.1) is 11.3 Å². The second kappa shape index (κ2) is 11.0. The van der Waals surface area contributed by atoms with Gasteiger partial charge < -0.3 is 14.2 Å². The van der Waals surface area contributed by atoms with Crippen LogP contribution in [0.2, 0.25) is 5.02 Å². The summed E-state index contributed by atoms with van der Waals surface area (Å²) in [4.78, 5) is 12.5. The van der Waals surface area contributed by atoms with E-state index in [0.717, 1.165) is 39.4 Å². The fourth-order valence-electron chi connectivity index (χ4n) is 4.24. The molecule has 0 aliphatic heterocycles. The van der Waals surface area contributed by atoms with Crippen LogP contribution in [0.5, 0.6) is 0 Å². The van der Waals surface area contributed by atoms with Crippen LogP contribution >= 0.6 is 23.4 Å². The molecule has 0 aliphatic carbocycles. The first-order valence-corrected chi connectivity index (χ1v) is 13.0. The Balaban J connectivity index is 1.50. The SMILES string of the molecule is CCn1c(S/C(=C\c2cn(Cc3ccc(C#N)cc3)c3ccccc23)C(=O)O)nnc1-c1ccc(Cl)cc1. The second-order valence-electron chi connectivity index (χ2n) is 8.51. The first kappa shape index (κ1) is 25.3. The molecule has 0 saturated heterocycles. The van der Waals surface area contributed by atoms with Gasteiger partial charge in [0.2, 0.25) is 0 Å². The molecule has 38 heavy (non-hydrogen) atoms. The van der Waals surface area contributed by atoms with Gasteiger partial charge in [-0.15, -0.1) is 10.2 Å². The fraction of sp³-hybridized carbons (Fsp3) is 0.103. The Morgan fingerprint density at radius 3 is 2.50 bits per heavy atom. The molecule has 0 radical (unpaired) electrons. The molecule has 7 nitrogen and oxygen atoms in total. The van der Waals surface area contributed by atoms with Gasteiger partial charge in [-0.25, -0.2) is 4.79 Å². The smallest absolute Gasteiger partial charge is 0.342 e. The molecule has 0 fully saturated rings. The predicted octanol–water partition coefficient (Wildman–Crippen LogP) is 6.71. The van der Waals surface area contributed by atoms with Crippen LogP contribution in [0.4, 0.5) is 0 Å². The quantitative estimate of drug-likeness (QED) is 0.174. The van der Waals surface area contributed by atoms with Crippen molar-refractivity contribution in [2.75, 3.05) is 0 Å². The largest absolute Gasteiger partial charge is 0.477 e. The van der Waals surface area contributed by atoms with Crippen LogP contribution in [0.1, 0.15) is 23.6 Å². The lowest BCUT2D eigenvalue weighted by Crippen LogP contribution is -2.02. The lowest BCUT2D eigenvalue weighted by Gasteiger charge is -2.08. The van der Waals surface area contributed by atoms with Crippen molar-refractivity contribution < 1.29 is 9.90 Å². The summed E-state index contributed by atoms with van der Waals surface area (Å²) >= 11 is 7.10. The summed E-state index contributed by atoms with van der Waals surface area (Å²) in [5.74, 6) is -0.395. The molecular formula is C29H22ClN5O2S. The lowest BCUT2D eigenvalue weighted by atomic mass is 10.1. The number of carboxylic acids is 1. The minimum absolute atomic E-state index is 0.135. The number of hydrogen-bond acceptors (Lipinski definition) is 5. The van der Waals surface area contributed by atoms with Crippen molar-refractivity contribution in [3.8, 4) is 17.5 Å². The number of fused-ring (bicyclic) bond motifs is 1. The number of carboxylic acid groups (broad SMARTS) is 1. The predicted molar refractivity (Wildman–Crippen MR) is 150 cm³/mol. The third-order valence-electron chi connectivity index (χ3n) is 6.09. The minimum Gasteiger partial charge on any atom is -0.477 e. The van der Waals surface area contributed by atoms with Crippen molar-refractivity contribution >= 4 is 46.3 Å². The molecule has 0 atom stereocenters. The van der Waals surface area contributed by atoms with Gasteiger partial charge in [0.1, 0.15) is 4.91 Å². The zero-order chi connectivity index (χ0) is 26.6. The number of thioether (sulfide) groups is 1. The van der Waals surface area contributed by atoms with E-state index in [1.807, 2.05) is 66.2 Å². The minimum atomic E-state index is -1.04. The molecule has 0 unspecified atom stereocenters. The highest BCUT2D eigenvalue weighted by Crippen LogP contribution is 2.33. The molecule has 2 heterocycles. The second-order valence-corrected chi connectivity index (χ2v) is 9.96. The maximum Gasteiger partial charge on any atom is 0.342 e. The maximum atomic E-state index is 12.3. The molecule has 0 bridgehead atoms. The van der Waals surface area contributed by atoms with Gasteiger partial charge in [-0.05, 0) is 72.8 Å². The first-order valence-electron chi connectivity index (χ1n) is 11.9. The number of rotatable bonds is 8. The number of carbonyl (C=O) groups is 1. The van der Waals surface area contributed by atoms with Crippen LogP contribution < -0.4 is 0 Å². The van der Waals surface area contributed by atoms with Gasteiger partial charge in [-0.2, -0.15) is 5.26 Å². The van der Waals surface area contributed by atoms with Crippen LogP contribution in [-0.2, 0) is 17.9 Å². The average Bonchev–Trinajstić information content (AvgIpc) is 3.50. The molecule has 0 amide bonds. The standard InChI is InChI=1S/C29H22ClN5O2S/c1-2-35-27(21-11-13-23(30)14-12-21)32-33-29(35)38-26(28(36)37)15-22-18-34(25-6-4-3-5-24(22)25)17-20-9-7-19(16-31)8-10-20/h3-15,18H,2,17H2,1H3,(H,36,37)/b26-15-. The summed E-state index contributed by atoms with van der Waals surface area (Å²) in [6.45, 7) is 3.13. The number of halogens is 1. The molecule has 5 rings (SSSR count). The number of para-hydroxylation sites is 1. The Morgan fingerprint density at radius 1 is 1.08 bits per heavy atom. The number of hydrogen-bond donors (Lipinski definition) is 1. The van der Waals surface area contributed by atoms with E-state index >= 15 is 0 Å². The summed E-state index contributed by atoms with van der Waals surface area (Å²) in [5, 5.41) is 29.8. The van der Waals surface area contributed by atoms with Crippen LogP contribution in [0.3, 0.4) is 0 Å². The highest BCUT2D eigenvalue weighted by Gasteiger charge is 2.19. The van der Waals surface area contributed by atoms with Gasteiger partial charge in [0, 0.05) is 46.3 Å². The van der Waals surface area contributed by atoms with Gasteiger partial charge in [-0.1, -0.05) is 41.9 Å². The lowest BCUT2D eigenvalue weighted by molar-refractivity contribution is -0.131. The van der Waals surface area contributed by atoms with Crippen LogP contribution in [-0.4, -0.2) is 30.4 Å². The Hall–Kier alpha value is -4.32. The van der Waals surface area contributed by atoms with Crippen molar-refractivity contribution in [3.63, 3.8) is 0 Å². The molecule has 0 spiro atoms. The number of aliphatic carboxylic acids is 1. The monoisotopic (exact) mass is 539 g/mol. The first-order chi connectivity index (χ1) is 18.5. The molecule has 0 saturated carbocycles. The molecule has 1 N–H and O–H groups in total. The molecule has 5 aromatic rings. The van der Waals surface area contributed by atoms with E-state index in [9.17, 15) is 9.90 Å². The molecule has 3 aromatic carbocycles. The van der Waals surface area contributed by atoms with Gasteiger partial charge in [0.25, 0.3) is 0 Å². The van der Waals surface area contributed by atoms with Crippen molar-refractivity contribution in [1.82, 2.24) is 19.3 Å². The third-order valence-corrected chi connectivity index (χ3v) is 7.34. The number of nitriles is 1. The van der Waals surface area contributed by atoms with Gasteiger partial charge in [0.05, 0.1) is 11.6 Å². The third kappa shape index (κ3) is 5.21. The van der Waals surface area contributed by atoms with Crippen LogP contribution in [0.15, 0.2) is 89.1 Å². The zero-order valence-electron chi connectivity index (χ0n) is 20.4. The maximum absolute atomic E-state index is 12.3. The highest BCUT2D eigenvalue weighted by molar-refractivity contribution is 8.04. The highest BCUT2D eigenvalue weighted by atomic mass is 35.5. The van der Waals surface area contributed by atoms with E-state index in [1.54, 1.807) is 30.3 Å². The molecular weight excluding hydrogens is 518 g/mol. The average molecular weight is 540 g/mol. The summed E-state index contributed by atoms with van der Waals surface area (Å²) in [7, 11) is 0. The molecule has 188 valence electrons. The number of aromatic nitrogens is 4.